The molecule has 0 saturated heterocycles. The Hall–Kier alpha value is -3.21. The number of carbonyl (C=O) groups excluding carboxylic acids is 1. The summed E-state index contributed by atoms with van der Waals surface area (Å²) in [5, 5.41) is 6.28. The van der Waals surface area contributed by atoms with Crippen molar-refractivity contribution >= 4 is 11.7 Å². The van der Waals surface area contributed by atoms with Gasteiger partial charge >= 0.3 is 0 Å². The molecule has 0 aliphatic carbocycles. The number of anilines is 1. The number of hydrogen-bond donors (Lipinski definition) is 2. The maximum atomic E-state index is 12.6. The Morgan fingerprint density at radius 1 is 1.00 bits per heavy atom. The van der Waals surface area contributed by atoms with Crippen LogP contribution in [0.15, 0.2) is 60.7 Å². The van der Waals surface area contributed by atoms with E-state index in [0.29, 0.717) is 23.9 Å². The van der Waals surface area contributed by atoms with Gasteiger partial charge in [-0.2, -0.15) is 0 Å². The third-order valence-corrected chi connectivity index (χ3v) is 4.44. The Balaban J connectivity index is 1.71. The fourth-order valence-corrected chi connectivity index (χ4v) is 2.88. The second kappa shape index (κ2) is 8.45. The molecule has 3 aromatic rings. The van der Waals surface area contributed by atoms with Crippen molar-refractivity contribution < 1.29 is 4.79 Å². The summed E-state index contributed by atoms with van der Waals surface area (Å²) < 4.78 is 0. The molecule has 0 bridgehead atoms. The van der Waals surface area contributed by atoms with Gasteiger partial charge in [0.1, 0.15) is 17.3 Å². The summed E-state index contributed by atoms with van der Waals surface area (Å²) in [6.45, 7) is 6.35. The van der Waals surface area contributed by atoms with Crippen molar-refractivity contribution in [2.75, 3.05) is 5.32 Å². The van der Waals surface area contributed by atoms with Crippen LogP contribution in [0.4, 0.5) is 5.82 Å². The van der Waals surface area contributed by atoms with Crippen molar-refractivity contribution in [3.05, 3.63) is 88.9 Å². The van der Waals surface area contributed by atoms with E-state index in [2.05, 4.69) is 39.7 Å². The number of aromatic nitrogens is 2. The Labute approximate surface area is 159 Å². The largest absolute Gasteiger partial charge is 0.363 e. The Morgan fingerprint density at radius 2 is 1.70 bits per heavy atom. The standard InChI is InChI=1S/C22H24N4O/c1-15-9-7-8-12-19(15)14-23-22(27)20-13-21(26-17(3)25-20)24-16(2)18-10-5-4-6-11-18/h4-13,16H,14H2,1-3H3,(H,23,27)(H,24,25,26). The quantitative estimate of drug-likeness (QED) is 0.691. The van der Waals surface area contributed by atoms with E-state index in [1.165, 1.54) is 0 Å². The molecule has 0 aliphatic rings. The van der Waals surface area contributed by atoms with E-state index in [0.717, 1.165) is 16.7 Å². The zero-order valence-corrected chi connectivity index (χ0v) is 15.9. The average molecular weight is 360 g/mol. The molecule has 0 fully saturated rings. The monoisotopic (exact) mass is 360 g/mol. The molecule has 1 atom stereocenters. The summed E-state index contributed by atoms with van der Waals surface area (Å²) in [5.74, 6) is 0.986. The number of benzene rings is 2. The minimum atomic E-state index is -0.209. The first-order valence-electron chi connectivity index (χ1n) is 9.03. The van der Waals surface area contributed by atoms with E-state index in [-0.39, 0.29) is 11.9 Å². The number of carbonyl (C=O) groups is 1. The fourth-order valence-electron chi connectivity index (χ4n) is 2.88. The van der Waals surface area contributed by atoms with Crippen LogP contribution in [0.5, 0.6) is 0 Å². The third-order valence-electron chi connectivity index (χ3n) is 4.44. The molecule has 2 N–H and O–H groups in total. The van der Waals surface area contributed by atoms with Gasteiger partial charge in [0, 0.05) is 18.7 Å². The van der Waals surface area contributed by atoms with E-state index in [9.17, 15) is 4.79 Å². The van der Waals surface area contributed by atoms with Crippen molar-refractivity contribution in [2.45, 2.75) is 33.4 Å². The molecule has 2 aromatic carbocycles. The van der Waals surface area contributed by atoms with E-state index in [1.54, 1.807) is 13.0 Å². The predicted octanol–water partition coefficient (Wildman–Crippen LogP) is 4.20. The maximum Gasteiger partial charge on any atom is 0.270 e. The second-order valence-electron chi connectivity index (χ2n) is 6.57. The lowest BCUT2D eigenvalue weighted by Crippen LogP contribution is -2.25. The van der Waals surface area contributed by atoms with E-state index in [1.807, 2.05) is 49.4 Å². The predicted molar refractivity (Wildman–Crippen MR) is 108 cm³/mol. The highest BCUT2D eigenvalue weighted by atomic mass is 16.1. The Bertz CT molecular complexity index is 925. The number of hydrogen-bond acceptors (Lipinski definition) is 4. The fraction of sp³-hybridized carbons (Fsp3) is 0.227. The van der Waals surface area contributed by atoms with Gasteiger partial charge in [0.25, 0.3) is 5.91 Å². The number of nitrogens with zero attached hydrogens (tertiary/aromatic N) is 2. The minimum Gasteiger partial charge on any atom is -0.363 e. The molecule has 1 amide bonds. The summed E-state index contributed by atoms with van der Waals surface area (Å²) in [5.41, 5.74) is 3.75. The highest BCUT2D eigenvalue weighted by molar-refractivity contribution is 5.92. The molecule has 5 nitrogen and oxygen atoms in total. The molecule has 3 rings (SSSR count). The summed E-state index contributed by atoms with van der Waals surface area (Å²) in [7, 11) is 0. The smallest absolute Gasteiger partial charge is 0.270 e. The molecule has 27 heavy (non-hydrogen) atoms. The van der Waals surface area contributed by atoms with E-state index >= 15 is 0 Å². The summed E-state index contributed by atoms with van der Waals surface area (Å²) in [6, 6.07) is 19.9. The van der Waals surface area contributed by atoms with Crippen LogP contribution in [0, 0.1) is 13.8 Å². The van der Waals surface area contributed by atoms with Crippen LogP contribution >= 0.6 is 0 Å². The molecular weight excluding hydrogens is 336 g/mol. The molecule has 0 spiro atoms. The van der Waals surface area contributed by atoms with Crippen LogP contribution < -0.4 is 10.6 Å². The van der Waals surface area contributed by atoms with Crippen molar-refractivity contribution in [3.63, 3.8) is 0 Å². The van der Waals surface area contributed by atoms with E-state index in [4.69, 9.17) is 0 Å². The lowest BCUT2D eigenvalue weighted by molar-refractivity contribution is 0.0945. The minimum absolute atomic E-state index is 0.0726. The van der Waals surface area contributed by atoms with Gasteiger partial charge in [0.2, 0.25) is 0 Å². The SMILES string of the molecule is Cc1nc(NC(C)c2ccccc2)cc(C(=O)NCc2ccccc2C)n1. The maximum absolute atomic E-state index is 12.6. The van der Waals surface area contributed by atoms with Gasteiger partial charge in [0.15, 0.2) is 0 Å². The molecule has 0 saturated carbocycles. The van der Waals surface area contributed by atoms with Gasteiger partial charge < -0.3 is 10.6 Å². The van der Waals surface area contributed by atoms with Gasteiger partial charge in [-0.3, -0.25) is 4.79 Å². The first-order chi connectivity index (χ1) is 13.0. The van der Waals surface area contributed by atoms with Crippen molar-refractivity contribution in [1.82, 2.24) is 15.3 Å². The number of nitrogens with one attached hydrogen (secondary N) is 2. The molecule has 1 aromatic heterocycles. The zero-order valence-electron chi connectivity index (χ0n) is 15.9. The topological polar surface area (TPSA) is 66.9 Å². The van der Waals surface area contributed by atoms with Crippen molar-refractivity contribution in [3.8, 4) is 0 Å². The molecule has 1 unspecified atom stereocenters. The Morgan fingerprint density at radius 3 is 2.44 bits per heavy atom. The van der Waals surface area contributed by atoms with Gasteiger partial charge in [-0.1, -0.05) is 54.6 Å². The average Bonchev–Trinajstić information content (AvgIpc) is 2.67. The van der Waals surface area contributed by atoms with Gasteiger partial charge in [-0.15, -0.1) is 0 Å². The number of aryl methyl sites for hydroxylation is 2. The summed E-state index contributed by atoms with van der Waals surface area (Å²) in [6.07, 6.45) is 0. The summed E-state index contributed by atoms with van der Waals surface area (Å²) in [4.78, 5) is 21.3. The molecule has 138 valence electrons. The van der Waals surface area contributed by atoms with Crippen LogP contribution in [-0.2, 0) is 6.54 Å². The molecule has 1 heterocycles. The molecule has 0 aliphatic heterocycles. The van der Waals surface area contributed by atoms with Crippen molar-refractivity contribution in [1.29, 1.82) is 0 Å². The first kappa shape index (κ1) is 18.6. The van der Waals surface area contributed by atoms with Crippen LogP contribution in [0.3, 0.4) is 0 Å². The first-order valence-corrected chi connectivity index (χ1v) is 9.03. The highest BCUT2D eigenvalue weighted by Gasteiger charge is 2.13. The lowest BCUT2D eigenvalue weighted by atomic mass is 10.1. The van der Waals surface area contributed by atoms with Crippen LogP contribution in [0.2, 0.25) is 0 Å². The second-order valence-corrected chi connectivity index (χ2v) is 6.57. The van der Waals surface area contributed by atoms with Crippen LogP contribution in [-0.4, -0.2) is 15.9 Å². The van der Waals surface area contributed by atoms with Gasteiger partial charge in [0.05, 0.1) is 0 Å². The lowest BCUT2D eigenvalue weighted by Gasteiger charge is -2.16. The van der Waals surface area contributed by atoms with Crippen molar-refractivity contribution in [2.24, 2.45) is 0 Å². The highest BCUT2D eigenvalue weighted by Crippen LogP contribution is 2.18. The van der Waals surface area contributed by atoms with E-state index < -0.39 is 0 Å². The van der Waals surface area contributed by atoms with Gasteiger partial charge in [-0.05, 0) is 37.5 Å². The normalized spacial score (nSPS) is 11.7. The molecular formula is C22H24N4O. The molecule has 5 heteroatoms. The van der Waals surface area contributed by atoms with Gasteiger partial charge in [-0.25, -0.2) is 9.97 Å². The number of rotatable bonds is 6. The number of amides is 1. The zero-order chi connectivity index (χ0) is 19.2. The molecule has 0 radical (unpaired) electrons. The third kappa shape index (κ3) is 4.91. The van der Waals surface area contributed by atoms with Crippen LogP contribution in [0.1, 0.15) is 46.0 Å². The summed E-state index contributed by atoms with van der Waals surface area (Å²) >= 11 is 0. The van der Waals surface area contributed by atoms with Crippen LogP contribution in [0.25, 0.3) is 0 Å². The Kier molecular flexibility index (Phi) is 5.81.